The lowest BCUT2D eigenvalue weighted by atomic mass is 9.90. The maximum absolute atomic E-state index is 13.0. The van der Waals surface area contributed by atoms with Gasteiger partial charge in [0.2, 0.25) is 11.8 Å². The van der Waals surface area contributed by atoms with Crippen molar-refractivity contribution in [1.29, 1.82) is 0 Å². The minimum absolute atomic E-state index is 0.0532. The van der Waals surface area contributed by atoms with Gasteiger partial charge < -0.3 is 29.4 Å². The molecule has 3 aromatic carbocycles. The molecule has 322 valence electrons. The summed E-state index contributed by atoms with van der Waals surface area (Å²) in [5, 5.41) is 11.4. The Kier molecular flexibility index (Phi) is 10.9. The van der Waals surface area contributed by atoms with Gasteiger partial charge in [-0.15, -0.1) is 0 Å². The predicted octanol–water partition coefficient (Wildman–Crippen LogP) is 6.58. The highest BCUT2D eigenvalue weighted by Crippen LogP contribution is 2.40. The van der Waals surface area contributed by atoms with Gasteiger partial charge in [0.15, 0.2) is 5.82 Å². The summed E-state index contributed by atoms with van der Waals surface area (Å²) >= 11 is 0. The third-order valence-electron chi connectivity index (χ3n) is 12.9. The molecule has 3 amide bonds. The molecule has 3 aliphatic heterocycles. The first-order chi connectivity index (χ1) is 29.8. The summed E-state index contributed by atoms with van der Waals surface area (Å²) in [5.74, 6) is 0.186. The first-order valence-corrected chi connectivity index (χ1v) is 21.6. The molecule has 15 nitrogen and oxygen atoms in total. The smallest absolute Gasteiger partial charge is 0.315 e. The molecule has 62 heavy (non-hydrogen) atoms. The lowest BCUT2D eigenvalue weighted by Crippen LogP contribution is -2.53. The van der Waals surface area contributed by atoms with E-state index in [1.54, 1.807) is 13.4 Å². The topological polar surface area (TPSA) is 175 Å². The third kappa shape index (κ3) is 7.96. The minimum atomic E-state index is -0.415. The maximum Gasteiger partial charge on any atom is 0.315 e. The first kappa shape index (κ1) is 41.0. The Morgan fingerprint density at radius 2 is 1.69 bits per heavy atom. The van der Waals surface area contributed by atoms with Crippen molar-refractivity contribution in [3.8, 4) is 17.0 Å². The van der Waals surface area contributed by atoms with Gasteiger partial charge in [0, 0.05) is 73.8 Å². The summed E-state index contributed by atoms with van der Waals surface area (Å²) in [6.07, 6.45) is 4.74. The molecule has 0 bridgehead atoms. The monoisotopic (exact) mass is 838 g/mol. The van der Waals surface area contributed by atoms with Crippen LogP contribution < -0.4 is 25.2 Å². The van der Waals surface area contributed by atoms with Crippen molar-refractivity contribution in [2.75, 3.05) is 56.2 Å². The number of piperazine rings is 1. The summed E-state index contributed by atoms with van der Waals surface area (Å²) in [7, 11) is 1.73. The molecule has 0 saturated carbocycles. The number of fused-ring (bicyclic) bond motifs is 3. The van der Waals surface area contributed by atoms with Gasteiger partial charge in [0.1, 0.15) is 17.7 Å². The summed E-state index contributed by atoms with van der Waals surface area (Å²) in [6, 6.07) is 19.0. The maximum atomic E-state index is 13.0. The van der Waals surface area contributed by atoms with E-state index >= 15 is 0 Å². The number of benzene rings is 3. The van der Waals surface area contributed by atoms with E-state index in [0.717, 1.165) is 113 Å². The van der Waals surface area contributed by atoms with E-state index in [1.807, 2.05) is 58.9 Å². The van der Waals surface area contributed by atoms with E-state index in [4.69, 9.17) is 14.2 Å². The highest BCUT2D eigenvalue weighted by atomic mass is 16.5. The molecule has 15 heteroatoms. The van der Waals surface area contributed by atoms with Gasteiger partial charge in [-0.2, -0.15) is 4.98 Å². The van der Waals surface area contributed by atoms with Gasteiger partial charge in [0.05, 0.1) is 41.4 Å². The van der Waals surface area contributed by atoms with E-state index in [1.165, 1.54) is 5.69 Å². The fraction of sp³-hybridized carbons (Fsp3) is 0.426. The van der Waals surface area contributed by atoms with E-state index in [9.17, 15) is 14.4 Å². The molecule has 0 aliphatic carbocycles. The fourth-order valence-electron chi connectivity index (χ4n) is 9.38. The minimum Gasteiger partial charge on any atom is -0.495 e. The SMILES string of the molecule is COc1cc2c(cc1N1CCN(C3CCN(c4ccc(C5CCC(=O)NC5=O)cc4)CC3)CC1)[nH]c1ncnc(-c3ccc([C@@H](C)NC(=O)c4nc(C(C)(C)C)no4)c(C)c3)c12. The second kappa shape index (κ2) is 16.5. The standard InChI is InChI=1S/C47H54N10O5/c1-27-23-30(9-12-33(27)28(2)50-44(60)45-53-46(54-62-45)47(3,4)5)41-40-35-24-38(61-6)37(25-36(35)51-42(40)49-26-48-41)57-21-19-56(20-22-57)32-15-17-55(18-16-32)31-10-7-29(8-11-31)34-13-14-39(58)52-43(34)59/h7-12,23-26,28,32,34H,13-22H2,1-6H3,(H,50,60)(H,48,49,51)(H,52,58,59)/t28-,34?/m1/s1. The number of hydrogen-bond donors (Lipinski definition) is 3. The third-order valence-corrected chi connectivity index (χ3v) is 12.9. The number of H-pyrrole nitrogens is 1. The zero-order chi connectivity index (χ0) is 43.3. The average Bonchev–Trinajstić information content (AvgIpc) is 3.92. The molecule has 0 spiro atoms. The van der Waals surface area contributed by atoms with E-state index in [-0.39, 0.29) is 35.1 Å². The van der Waals surface area contributed by atoms with Gasteiger partial charge in [0.25, 0.3) is 0 Å². The molecule has 6 aromatic rings. The molecule has 3 aliphatic rings. The number of carbonyl (C=O) groups is 3. The lowest BCUT2D eigenvalue weighted by molar-refractivity contribution is -0.134. The molecular formula is C47H54N10O5. The molecule has 1 unspecified atom stereocenters. The Bertz CT molecular complexity index is 2650. The number of ether oxygens (including phenoxy) is 1. The summed E-state index contributed by atoms with van der Waals surface area (Å²) in [5.41, 5.74) is 8.33. The van der Waals surface area contributed by atoms with Gasteiger partial charge in [-0.25, -0.2) is 9.97 Å². The van der Waals surface area contributed by atoms with E-state index in [0.29, 0.717) is 24.7 Å². The second-order valence-electron chi connectivity index (χ2n) is 17.9. The number of aromatic amines is 1. The zero-order valence-corrected chi connectivity index (χ0v) is 36.2. The number of hydrogen-bond acceptors (Lipinski definition) is 12. The number of imide groups is 1. The molecule has 6 heterocycles. The number of amides is 3. The Morgan fingerprint density at radius 1 is 0.935 bits per heavy atom. The number of aryl methyl sites for hydroxylation is 1. The summed E-state index contributed by atoms with van der Waals surface area (Å²) in [4.78, 5) is 61.8. The van der Waals surface area contributed by atoms with Crippen molar-refractivity contribution in [3.63, 3.8) is 0 Å². The molecular weight excluding hydrogens is 785 g/mol. The van der Waals surface area contributed by atoms with Gasteiger partial charge >= 0.3 is 11.8 Å². The van der Waals surface area contributed by atoms with Crippen molar-refractivity contribution in [3.05, 3.63) is 89.3 Å². The van der Waals surface area contributed by atoms with Crippen LogP contribution in [0.2, 0.25) is 0 Å². The quantitative estimate of drug-likeness (QED) is 0.134. The number of anilines is 2. The van der Waals surface area contributed by atoms with Gasteiger partial charge in [-0.3, -0.25) is 24.6 Å². The highest BCUT2D eigenvalue weighted by Gasteiger charge is 2.31. The summed E-state index contributed by atoms with van der Waals surface area (Å²) in [6.45, 7) is 15.6. The number of piperidine rings is 2. The van der Waals surface area contributed by atoms with Crippen LogP contribution in [0.4, 0.5) is 11.4 Å². The van der Waals surface area contributed by atoms with E-state index < -0.39 is 5.91 Å². The van der Waals surface area contributed by atoms with Gasteiger partial charge in [-0.05, 0) is 80.1 Å². The predicted molar refractivity (Wildman–Crippen MR) is 238 cm³/mol. The number of aromatic nitrogens is 5. The van der Waals surface area contributed by atoms with E-state index in [2.05, 4.69) is 75.8 Å². The van der Waals surface area contributed by atoms with Crippen LogP contribution in [-0.2, 0) is 15.0 Å². The molecule has 2 atom stereocenters. The lowest BCUT2D eigenvalue weighted by Gasteiger charge is -2.44. The molecule has 3 N–H and O–H groups in total. The highest BCUT2D eigenvalue weighted by molar-refractivity contribution is 6.13. The van der Waals surface area contributed by atoms with Crippen LogP contribution in [0.15, 0.2) is 65.4 Å². The van der Waals surface area contributed by atoms with Crippen molar-refractivity contribution in [2.24, 2.45) is 0 Å². The van der Waals surface area contributed by atoms with Crippen molar-refractivity contribution < 1.29 is 23.6 Å². The van der Waals surface area contributed by atoms with Crippen molar-refractivity contribution in [2.45, 2.75) is 83.7 Å². The number of carbonyl (C=O) groups excluding carboxylic acids is 3. The molecule has 3 saturated heterocycles. The number of rotatable bonds is 9. The van der Waals surface area contributed by atoms with Crippen LogP contribution >= 0.6 is 0 Å². The van der Waals surface area contributed by atoms with Crippen LogP contribution in [0.25, 0.3) is 33.2 Å². The first-order valence-electron chi connectivity index (χ1n) is 21.6. The Balaban J connectivity index is 0.852. The fourth-order valence-corrected chi connectivity index (χ4v) is 9.38. The Morgan fingerprint density at radius 3 is 2.37 bits per heavy atom. The molecule has 0 radical (unpaired) electrons. The number of nitrogens with one attached hydrogen (secondary N) is 3. The van der Waals surface area contributed by atoms with Crippen LogP contribution in [-0.4, -0.2) is 100 Å². The van der Waals surface area contributed by atoms with Gasteiger partial charge in [-0.1, -0.05) is 50.2 Å². The van der Waals surface area contributed by atoms with Crippen molar-refractivity contribution in [1.82, 2.24) is 40.6 Å². The normalized spacial score (nSPS) is 18.6. The largest absolute Gasteiger partial charge is 0.495 e. The molecule has 3 fully saturated rings. The Hall–Kier alpha value is -6.35. The molecule has 3 aromatic heterocycles. The number of nitrogens with zero attached hydrogens (tertiary/aromatic N) is 7. The van der Waals surface area contributed by atoms with Crippen molar-refractivity contribution >= 4 is 51.0 Å². The van der Waals surface area contributed by atoms with Crippen LogP contribution in [0.1, 0.15) is 98.5 Å². The number of methoxy groups -OCH3 is 1. The average molecular weight is 839 g/mol. The van der Waals surface area contributed by atoms with Crippen LogP contribution in [0, 0.1) is 6.92 Å². The molecule has 9 rings (SSSR count). The van der Waals surface area contributed by atoms with Crippen LogP contribution in [0.5, 0.6) is 5.75 Å². The zero-order valence-electron chi connectivity index (χ0n) is 36.2. The second-order valence-corrected chi connectivity index (χ2v) is 17.9. The Labute approximate surface area is 360 Å². The van der Waals surface area contributed by atoms with Crippen LogP contribution in [0.3, 0.4) is 0 Å². The summed E-state index contributed by atoms with van der Waals surface area (Å²) < 4.78 is 11.3.